The highest BCUT2D eigenvalue weighted by Crippen LogP contribution is 2.37. The molecule has 4 rings (SSSR count). The SMILES string of the molecule is C[C@H]1CN(C(=O)CN2CCc3sccc3[C@@H]2c2ccccc2)CCN1C(=O)C(C)(C)CCl. The van der Waals surface area contributed by atoms with E-state index < -0.39 is 5.41 Å². The summed E-state index contributed by atoms with van der Waals surface area (Å²) >= 11 is 7.83. The Bertz CT molecular complexity index is 961. The Balaban J connectivity index is 1.45. The van der Waals surface area contributed by atoms with E-state index in [9.17, 15) is 9.59 Å². The van der Waals surface area contributed by atoms with Crippen molar-refractivity contribution in [2.45, 2.75) is 39.3 Å². The van der Waals surface area contributed by atoms with Crippen LogP contribution in [0.2, 0.25) is 0 Å². The van der Waals surface area contributed by atoms with Gasteiger partial charge in [0.15, 0.2) is 0 Å². The molecule has 32 heavy (non-hydrogen) atoms. The van der Waals surface area contributed by atoms with Gasteiger partial charge < -0.3 is 9.80 Å². The first-order valence-electron chi connectivity index (χ1n) is 11.3. The van der Waals surface area contributed by atoms with Gasteiger partial charge in [0.2, 0.25) is 11.8 Å². The van der Waals surface area contributed by atoms with Crippen molar-refractivity contribution in [3.63, 3.8) is 0 Å². The van der Waals surface area contributed by atoms with Gasteiger partial charge in [-0.2, -0.15) is 0 Å². The lowest BCUT2D eigenvalue weighted by molar-refractivity contribution is -0.148. The number of fused-ring (bicyclic) bond motifs is 1. The fourth-order valence-electron chi connectivity index (χ4n) is 4.77. The van der Waals surface area contributed by atoms with Crippen molar-refractivity contribution in [2.75, 3.05) is 38.6 Å². The summed E-state index contributed by atoms with van der Waals surface area (Å²) in [6, 6.07) is 12.8. The average Bonchev–Trinajstić information content (AvgIpc) is 3.27. The van der Waals surface area contributed by atoms with Gasteiger partial charge in [0.25, 0.3) is 0 Å². The van der Waals surface area contributed by atoms with Crippen molar-refractivity contribution >= 4 is 34.8 Å². The topological polar surface area (TPSA) is 43.9 Å². The number of halogens is 1. The van der Waals surface area contributed by atoms with Crippen LogP contribution in [0.25, 0.3) is 0 Å². The first kappa shape index (κ1) is 23.3. The summed E-state index contributed by atoms with van der Waals surface area (Å²) in [4.78, 5) is 33.8. The summed E-state index contributed by atoms with van der Waals surface area (Å²) < 4.78 is 0. The van der Waals surface area contributed by atoms with Crippen molar-refractivity contribution in [1.82, 2.24) is 14.7 Å². The van der Waals surface area contributed by atoms with Crippen molar-refractivity contribution in [2.24, 2.45) is 5.41 Å². The third kappa shape index (κ3) is 4.59. The minimum atomic E-state index is -0.586. The van der Waals surface area contributed by atoms with Crippen LogP contribution < -0.4 is 0 Å². The number of nitrogens with zero attached hydrogens (tertiary/aromatic N) is 3. The lowest BCUT2D eigenvalue weighted by Crippen LogP contribution is -2.59. The molecule has 0 spiro atoms. The minimum absolute atomic E-state index is 0.0163. The predicted octanol–water partition coefficient (Wildman–Crippen LogP) is 4.02. The maximum Gasteiger partial charge on any atom is 0.236 e. The molecular weight excluding hydrogens is 442 g/mol. The molecule has 0 saturated carbocycles. The zero-order valence-corrected chi connectivity index (χ0v) is 20.7. The second-order valence-corrected chi connectivity index (χ2v) is 10.8. The Morgan fingerprint density at radius 3 is 2.56 bits per heavy atom. The largest absolute Gasteiger partial charge is 0.338 e. The number of benzene rings is 1. The molecule has 2 atom stereocenters. The highest BCUT2D eigenvalue weighted by atomic mass is 35.5. The molecule has 5 nitrogen and oxygen atoms in total. The molecule has 2 aliphatic heterocycles. The van der Waals surface area contributed by atoms with Gasteiger partial charge in [-0.3, -0.25) is 14.5 Å². The Hall–Kier alpha value is -1.89. The fraction of sp³-hybridized carbons (Fsp3) is 0.520. The molecule has 1 aromatic heterocycles. The van der Waals surface area contributed by atoms with E-state index in [4.69, 9.17) is 11.6 Å². The summed E-state index contributed by atoms with van der Waals surface area (Å²) in [5.74, 6) is 0.496. The van der Waals surface area contributed by atoms with Crippen molar-refractivity contribution in [3.05, 3.63) is 57.8 Å². The zero-order valence-electron chi connectivity index (χ0n) is 19.1. The van der Waals surface area contributed by atoms with Crippen LogP contribution in [0.3, 0.4) is 0 Å². The maximum absolute atomic E-state index is 13.3. The molecule has 3 heterocycles. The number of hydrogen-bond acceptors (Lipinski definition) is 4. The average molecular weight is 474 g/mol. The van der Waals surface area contributed by atoms with E-state index >= 15 is 0 Å². The lowest BCUT2D eigenvalue weighted by atomic mass is 9.92. The number of amides is 2. The quantitative estimate of drug-likeness (QED) is 0.616. The van der Waals surface area contributed by atoms with Gasteiger partial charge >= 0.3 is 0 Å². The van der Waals surface area contributed by atoms with Crippen LogP contribution in [-0.4, -0.2) is 71.2 Å². The number of piperazine rings is 1. The summed E-state index contributed by atoms with van der Waals surface area (Å²) in [5.41, 5.74) is 1.97. The summed E-state index contributed by atoms with van der Waals surface area (Å²) in [6.45, 7) is 8.74. The number of thiophene rings is 1. The molecule has 1 aromatic carbocycles. The minimum Gasteiger partial charge on any atom is -0.338 e. The van der Waals surface area contributed by atoms with Gasteiger partial charge in [0.05, 0.1) is 18.0 Å². The molecule has 0 aliphatic carbocycles. The second-order valence-electron chi connectivity index (χ2n) is 9.54. The Morgan fingerprint density at radius 1 is 1.12 bits per heavy atom. The molecule has 0 N–H and O–H groups in total. The van der Waals surface area contributed by atoms with E-state index in [1.54, 1.807) is 0 Å². The van der Waals surface area contributed by atoms with E-state index in [0.29, 0.717) is 26.2 Å². The number of carbonyl (C=O) groups excluding carboxylic acids is 2. The van der Waals surface area contributed by atoms with Crippen LogP contribution in [0.1, 0.15) is 42.8 Å². The zero-order chi connectivity index (χ0) is 22.9. The third-order valence-corrected chi connectivity index (χ3v) is 8.34. The lowest BCUT2D eigenvalue weighted by Gasteiger charge is -2.43. The molecule has 2 aliphatic rings. The Labute approximate surface area is 199 Å². The molecule has 0 radical (unpaired) electrons. The third-order valence-electron chi connectivity index (χ3n) is 6.67. The van der Waals surface area contributed by atoms with E-state index in [1.165, 1.54) is 16.0 Å². The molecule has 0 bridgehead atoms. The molecule has 1 saturated heterocycles. The number of alkyl halides is 1. The highest BCUT2D eigenvalue weighted by Gasteiger charge is 2.38. The molecule has 2 amide bonds. The van der Waals surface area contributed by atoms with E-state index in [2.05, 4.69) is 40.6 Å². The van der Waals surface area contributed by atoms with Crippen LogP contribution in [0, 0.1) is 5.41 Å². The number of rotatable bonds is 5. The summed E-state index contributed by atoms with van der Waals surface area (Å²) in [6.07, 6.45) is 0.982. The van der Waals surface area contributed by atoms with Crippen LogP contribution in [0.4, 0.5) is 0 Å². The second kappa shape index (κ2) is 9.54. The van der Waals surface area contributed by atoms with Gasteiger partial charge in [-0.05, 0) is 49.8 Å². The molecule has 2 aromatic rings. The van der Waals surface area contributed by atoms with Crippen molar-refractivity contribution < 1.29 is 9.59 Å². The molecule has 0 unspecified atom stereocenters. The molecule has 172 valence electrons. The van der Waals surface area contributed by atoms with Crippen molar-refractivity contribution in [3.8, 4) is 0 Å². The van der Waals surface area contributed by atoms with Crippen LogP contribution in [-0.2, 0) is 16.0 Å². The van der Waals surface area contributed by atoms with E-state index in [1.807, 2.05) is 48.0 Å². The van der Waals surface area contributed by atoms with Crippen LogP contribution in [0.15, 0.2) is 41.8 Å². The van der Waals surface area contributed by atoms with E-state index in [-0.39, 0.29) is 29.8 Å². The smallest absolute Gasteiger partial charge is 0.236 e. The van der Waals surface area contributed by atoms with Gasteiger partial charge in [-0.25, -0.2) is 0 Å². The maximum atomic E-state index is 13.3. The monoisotopic (exact) mass is 473 g/mol. The van der Waals surface area contributed by atoms with Crippen molar-refractivity contribution in [1.29, 1.82) is 0 Å². The van der Waals surface area contributed by atoms with Gasteiger partial charge in [-0.1, -0.05) is 30.3 Å². The molecule has 7 heteroatoms. The van der Waals surface area contributed by atoms with Crippen LogP contribution in [0.5, 0.6) is 0 Å². The number of carbonyl (C=O) groups is 2. The van der Waals surface area contributed by atoms with Gasteiger partial charge in [0.1, 0.15) is 0 Å². The fourth-order valence-corrected chi connectivity index (χ4v) is 5.79. The van der Waals surface area contributed by atoms with Crippen LogP contribution >= 0.6 is 22.9 Å². The predicted molar refractivity (Wildman–Crippen MR) is 130 cm³/mol. The highest BCUT2D eigenvalue weighted by molar-refractivity contribution is 7.10. The first-order valence-corrected chi connectivity index (χ1v) is 12.7. The summed E-state index contributed by atoms with van der Waals surface area (Å²) in [5, 5.41) is 2.16. The Kier molecular flexibility index (Phi) is 6.94. The van der Waals surface area contributed by atoms with Gasteiger partial charge in [-0.15, -0.1) is 22.9 Å². The normalized spacial score (nSPS) is 22.0. The first-order chi connectivity index (χ1) is 15.3. The number of hydrogen-bond donors (Lipinski definition) is 0. The standard InChI is InChI=1S/C25H32ClN3O2S/c1-18-15-27(12-13-29(18)24(31)25(2,3)17-26)22(30)16-28-11-9-21-20(10-14-32-21)23(28)19-7-5-4-6-8-19/h4-8,10,14,18,23H,9,11-13,15-17H2,1-3H3/t18-,23-/m0/s1. The summed E-state index contributed by atoms with van der Waals surface area (Å²) in [7, 11) is 0. The van der Waals surface area contributed by atoms with Gasteiger partial charge in [0, 0.05) is 43.0 Å². The molecular formula is C25H32ClN3O2S. The van der Waals surface area contributed by atoms with E-state index in [0.717, 1.165) is 13.0 Å². The molecule has 1 fully saturated rings. The Morgan fingerprint density at radius 2 is 1.88 bits per heavy atom.